The Morgan fingerprint density at radius 3 is 2.62 bits per heavy atom. The Morgan fingerprint density at radius 1 is 1.19 bits per heavy atom. The smallest absolute Gasteiger partial charge is 0.103 e. The molecule has 1 N–H and O–H groups in total. The monoisotopic (exact) mass is 300 g/mol. The fourth-order valence-electron chi connectivity index (χ4n) is 2.64. The molecule has 1 aliphatic rings. The molecule has 1 aromatic heterocycles. The second-order valence-corrected chi connectivity index (χ2v) is 6.53. The molecule has 3 rings (SSSR count). The molecule has 0 aliphatic carbocycles. The zero-order valence-electron chi connectivity index (χ0n) is 12.5. The van der Waals surface area contributed by atoms with Crippen LogP contribution in [0.15, 0.2) is 46.9 Å². The number of nitrogens with zero attached hydrogens (tertiary/aromatic N) is 2. The molecule has 1 aromatic carbocycles. The quantitative estimate of drug-likeness (QED) is 0.854. The average Bonchev–Trinajstić information content (AvgIpc) is 2.93. The van der Waals surface area contributed by atoms with Crippen molar-refractivity contribution in [2.45, 2.75) is 13.5 Å². The lowest BCUT2D eigenvalue weighted by atomic mass is 10.2. The predicted molar refractivity (Wildman–Crippen MR) is 89.1 cm³/mol. The van der Waals surface area contributed by atoms with E-state index in [-0.39, 0.29) is 0 Å². The summed E-state index contributed by atoms with van der Waals surface area (Å²) < 4.78 is 0. The molecule has 0 unspecified atom stereocenters. The van der Waals surface area contributed by atoms with E-state index in [1.54, 1.807) is 16.2 Å². The van der Waals surface area contributed by atoms with Crippen LogP contribution in [0.4, 0.5) is 0 Å². The molecule has 2 aromatic rings. The Morgan fingerprint density at radius 2 is 1.95 bits per heavy atom. The highest BCUT2D eigenvalue weighted by molar-refractivity contribution is 7.11. The lowest BCUT2D eigenvalue weighted by Crippen LogP contribution is -3.13. The standard InChI is InChI=1S/C17H21N3S/c1-15-7-12-21-17(15)13-18-20-10-8-19(9-11-20)14-16-5-3-2-4-6-16/h2-7,12-13H,8-11,14H2,1H3/p+1/b18-13+. The van der Waals surface area contributed by atoms with Gasteiger partial charge >= 0.3 is 0 Å². The van der Waals surface area contributed by atoms with Gasteiger partial charge < -0.3 is 4.90 Å². The van der Waals surface area contributed by atoms with Gasteiger partial charge in [0.05, 0.1) is 32.4 Å². The van der Waals surface area contributed by atoms with Crippen molar-refractivity contribution in [2.75, 3.05) is 26.2 Å². The fraction of sp³-hybridized carbons (Fsp3) is 0.353. The summed E-state index contributed by atoms with van der Waals surface area (Å²) >= 11 is 1.76. The number of rotatable bonds is 4. The van der Waals surface area contributed by atoms with Crippen molar-refractivity contribution >= 4 is 17.6 Å². The zero-order valence-corrected chi connectivity index (χ0v) is 13.3. The third-order valence-corrected chi connectivity index (χ3v) is 4.94. The second-order valence-electron chi connectivity index (χ2n) is 5.58. The minimum absolute atomic E-state index is 1.04. The first-order valence-corrected chi connectivity index (χ1v) is 8.40. The molecule has 110 valence electrons. The molecule has 1 aliphatic heterocycles. The summed E-state index contributed by atoms with van der Waals surface area (Å²) in [7, 11) is 0. The number of quaternary nitrogens is 1. The molecule has 21 heavy (non-hydrogen) atoms. The van der Waals surface area contributed by atoms with Crippen LogP contribution < -0.4 is 4.90 Å². The van der Waals surface area contributed by atoms with Gasteiger partial charge in [-0.1, -0.05) is 30.3 Å². The molecular weight excluding hydrogens is 278 g/mol. The normalized spacial score (nSPS) is 16.7. The summed E-state index contributed by atoms with van der Waals surface area (Å²) in [5, 5.41) is 8.96. The molecule has 0 radical (unpaired) electrons. The maximum atomic E-state index is 4.63. The molecular formula is C17H22N3S+. The Kier molecular flexibility index (Phi) is 4.68. The number of aryl methyl sites for hydroxylation is 1. The Bertz CT molecular complexity index is 583. The van der Waals surface area contributed by atoms with Gasteiger partial charge in [0.1, 0.15) is 6.54 Å². The molecule has 2 heterocycles. The SMILES string of the molecule is Cc1ccsc1/C=N/N1CC[NH+](Cc2ccccc2)CC1. The van der Waals surface area contributed by atoms with Crippen molar-refractivity contribution in [2.24, 2.45) is 5.10 Å². The summed E-state index contributed by atoms with van der Waals surface area (Å²) in [5.74, 6) is 0. The first kappa shape index (κ1) is 14.3. The topological polar surface area (TPSA) is 20.0 Å². The second kappa shape index (κ2) is 6.87. The number of hydrogen-bond acceptors (Lipinski definition) is 3. The van der Waals surface area contributed by atoms with Crippen LogP contribution in [0.5, 0.6) is 0 Å². The third kappa shape index (κ3) is 3.93. The first-order chi connectivity index (χ1) is 10.3. The average molecular weight is 300 g/mol. The van der Waals surface area contributed by atoms with E-state index < -0.39 is 0 Å². The van der Waals surface area contributed by atoms with Crippen molar-refractivity contribution in [1.29, 1.82) is 0 Å². The van der Waals surface area contributed by atoms with E-state index in [0.717, 1.165) is 32.7 Å². The number of piperazine rings is 1. The van der Waals surface area contributed by atoms with Crippen molar-refractivity contribution in [3.8, 4) is 0 Å². The van der Waals surface area contributed by atoms with Gasteiger partial charge in [0.25, 0.3) is 0 Å². The summed E-state index contributed by atoms with van der Waals surface area (Å²) in [5.41, 5.74) is 2.75. The van der Waals surface area contributed by atoms with Crippen LogP contribution in [0.3, 0.4) is 0 Å². The third-order valence-electron chi connectivity index (χ3n) is 3.98. The Labute approximate surface area is 130 Å². The summed E-state index contributed by atoms with van der Waals surface area (Å²) in [4.78, 5) is 2.93. The first-order valence-electron chi connectivity index (χ1n) is 7.52. The van der Waals surface area contributed by atoms with E-state index in [9.17, 15) is 0 Å². The van der Waals surface area contributed by atoms with Crippen LogP contribution in [-0.4, -0.2) is 37.4 Å². The molecule has 3 nitrogen and oxygen atoms in total. The highest BCUT2D eigenvalue weighted by atomic mass is 32.1. The van der Waals surface area contributed by atoms with Crippen molar-refractivity contribution in [3.63, 3.8) is 0 Å². The maximum Gasteiger partial charge on any atom is 0.103 e. The highest BCUT2D eigenvalue weighted by Crippen LogP contribution is 2.12. The number of hydrogen-bond donors (Lipinski definition) is 1. The van der Waals surface area contributed by atoms with Gasteiger partial charge in [0, 0.05) is 10.4 Å². The minimum Gasteiger partial charge on any atom is -0.328 e. The molecule has 0 saturated carbocycles. The van der Waals surface area contributed by atoms with Crippen LogP contribution in [0, 0.1) is 6.92 Å². The van der Waals surface area contributed by atoms with Gasteiger partial charge in [-0.2, -0.15) is 5.10 Å². The summed E-state index contributed by atoms with van der Waals surface area (Å²) in [6.45, 7) is 7.68. The molecule has 0 spiro atoms. The molecule has 4 heteroatoms. The van der Waals surface area contributed by atoms with Crippen LogP contribution >= 0.6 is 11.3 Å². The highest BCUT2D eigenvalue weighted by Gasteiger charge is 2.18. The van der Waals surface area contributed by atoms with E-state index in [0.29, 0.717) is 0 Å². The minimum atomic E-state index is 1.04. The van der Waals surface area contributed by atoms with Crippen molar-refractivity contribution < 1.29 is 4.90 Å². The van der Waals surface area contributed by atoms with Gasteiger partial charge in [-0.3, -0.25) is 5.01 Å². The van der Waals surface area contributed by atoms with Gasteiger partial charge in [-0.15, -0.1) is 11.3 Å². The van der Waals surface area contributed by atoms with E-state index in [4.69, 9.17) is 0 Å². The van der Waals surface area contributed by atoms with E-state index in [2.05, 4.69) is 58.8 Å². The molecule has 1 fully saturated rings. The molecule has 0 bridgehead atoms. The number of benzene rings is 1. The largest absolute Gasteiger partial charge is 0.328 e. The number of thiophene rings is 1. The maximum absolute atomic E-state index is 4.63. The van der Waals surface area contributed by atoms with E-state index in [1.165, 1.54) is 16.0 Å². The number of nitrogens with one attached hydrogen (secondary N) is 1. The molecule has 0 atom stereocenters. The van der Waals surface area contributed by atoms with Gasteiger partial charge in [-0.25, -0.2) is 0 Å². The van der Waals surface area contributed by atoms with Crippen LogP contribution in [0.25, 0.3) is 0 Å². The fourth-order valence-corrected chi connectivity index (χ4v) is 3.42. The van der Waals surface area contributed by atoms with E-state index >= 15 is 0 Å². The Balaban J connectivity index is 1.49. The molecule has 0 amide bonds. The van der Waals surface area contributed by atoms with Crippen LogP contribution in [0.1, 0.15) is 16.0 Å². The summed E-state index contributed by atoms with van der Waals surface area (Å²) in [6.07, 6.45) is 2.02. The van der Waals surface area contributed by atoms with Crippen molar-refractivity contribution in [1.82, 2.24) is 5.01 Å². The summed E-state index contributed by atoms with van der Waals surface area (Å²) in [6, 6.07) is 12.9. The lowest BCUT2D eigenvalue weighted by Gasteiger charge is -2.30. The van der Waals surface area contributed by atoms with Crippen LogP contribution in [0.2, 0.25) is 0 Å². The Hall–Kier alpha value is -1.65. The zero-order chi connectivity index (χ0) is 14.5. The van der Waals surface area contributed by atoms with Gasteiger partial charge in [0.2, 0.25) is 0 Å². The van der Waals surface area contributed by atoms with E-state index in [1.807, 2.05) is 6.21 Å². The van der Waals surface area contributed by atoms with Gasteiger partial charge in [-0.05, 0) is 23.9 Å². The van der Waals surface area contributed by atoms with Crippen molar-refractivity contribution in [3.05, 3.63) is 57.8 Å². The van der Waals surface area contributed by atoms with Crippen LogP contribution in [-0.2, 0) is 6.54 Å². The number of hydrazone groups is 1. The molecule has 1 saturated heterocycles. The van der Waals surface area contributed by atoms with Gasteiger partial charge in [0.15, 0.2) is 0 Å². The predicted octanol–water partition coefficient (Wildman–Crippen LogP) is 1.79. The lowest BCUT2D eigenvalue weighted by molar-refractivity contribution is -0.918.